The lowest BCUT2D eigenvalue weighted by molar-refractivity contribution is -0.137. The number of carbonyl (C=O) groups is 2. The molecule has 5 nitrogen and oxygen atoms in total. The molecule has 1 aliphatic carbocycles. The van der Waals surface area contributed by atoms with Crippen LogP contribution < -0.4 is 10.2 Å². The number of halogens is 6. The molecule has 0 atom stereocenters. The Bertz CT molecular complexity index is 1500. The average Bonchev–Trinajstić information content (AvgIpc) is 3.71. The van der Waals surface area contributed by atoms with E-state index in [0.717, 1.165) is 38.8 Å². The van der Waals surface area contributed by atoms with E-state index in [1.165, 1.54) is 41.3 Å². The lowest BCUT2D eigenvalue weighted by Crippen LogP contribution is -2.34. The van der Waals surface area contributed by atoms with E-state index in [-0.39, 0.29) is 33.7 Å². The number of nitrogens with one attached hydrogen (secondary N) is 1. The second-order valence-corrected chi connectivity index (χ2v) is 10.8. The number of amides is 2. The molecule has 2 amide bonds. The number of anilines is 2. The molecule has 0 heterocycles. The predicted molar refractivity (Wildman–Crippen MR) is 145 cm³/mol. The lowest BCUT2D eigenvalue weighted by atomic mass is 9.96. The number of carbonyl (C=O) groups excluding carboxylic acids is 2. The van der Waals surface area contributed by atoms with Gasteiger partial charge in [0.25, 0.3) is 11.8 Å². The highest BCUT2D eigenvalue weighted by molar-refractivity contribution is 9.10. The lowest BCUT2D eigenvalue weighted by Gasteiger charge is -2.25. The maximum Gasteiger partial charge on any atom is 0.418 e. The number of nitrogens with zero attached hydrogens (tertiary/aromatic N) is 2. The Labute approximate surface area is 235 Å². The van der Waals surface area contributed by atoms with Crippen molar-refractivity contribution in [3.63, 3.8) is 0 Å². The fraction of sp³-hybridized carbons (Fsp3) is 0.276. The van der Waals surface area contributed by atoms with Crippen molar-refractivity contribution in [2.75, 3.05) is 16.8 Å². The van der Waals surface area contributed by atoms with Gasteiger partial charge in [0, 0.05) is 16.6 Å². The van der Waals surface area contributed by atoms with Crippen LogP contribution in [0.25, 0.3) is 4.85 Å². The molecular weight excluding hydrogens is 597 g/mol. The number of alkyl halides is 4. The normalized spacial score (nSPS) is 13.5. The Morgan fingerprint density at radius 2 is 1.73 bits per heavy atom. The monoisotopic (exact) mass is 619 g/mol. The third-order valence-electron chi connectivity index (χ3n) is 6.46. The van der Waals surface area contributed by atoms with Crippen molar-refractivity contribution in [1.82, 2.24) is 0 Å². The summed E-state index contributed by atoms with van der Waals surface area (Å²) in [7, 11) is 0. The highest BCUT2D eigenvalue weighted by Gasteiger charge is 2.38. The highest BCUT2D eigenvalue weighted by atomic mass is 79.9. The van der Waals surface area contributed by atoms with Gasteiger partial charge < -0.3 is 10.2 Å². The number of rotatable bonds is 7. The summed E-state index contributed by atoms with van der Waals surface area (Å²) in [5, 5.41) is 2.11. The van der Waals surface area contributed by atoms with E-state index in [4.69, 9.17) is 6.57 Å². The molecule has 1 aliphatic rings. The van der Waals surface area contributed by atoms with Crippen molar-refractivity contribution in [3.05, 3.63) is 98.6 Å². The molecule has 3 aromatic rings. The van der Waals surface area contributed by atoms with Gasteiger partial charge in [-0.25, -0.2) is 13.6 Å². The van der Waals surface area contributed by atoms with Crippen molar-refractivity contribution in [2.45, 2.75) is 38.5 Å². The van der Waals surface area contributed by atoms with Crippen LogP contribution in [0.1, 0.15) is 58.5 Å². The Hall–Kier alpha value is -3.78. The van der Waals surface area contributed by atoms with Crippen molar-refractivity contribution in [1.29, 1.82) is 0 Å². The number of benzene rings is 3. The minimum absolute atomic E-state index is 0.131. The molecule has 0 unspecified atom stereocenters. The zero-order chi connectivity index (χ0) is 29.4. The minimum atomic E-state index is -4.96. The molecule has 0 aromatic heterocycles. The molecule has 1 N–H and O–H groups in total. The fourth-order valence-electron chi connectivity index (χ4n) is 4.07. The van der Waals surface area contributed by atoms with Gasteiger partial charge in [0.1, 0.15) is 5.67 Å². The first-order valence-corrected chi connectivity index (χ1v) is 13.0. The number of hydrogen-bond donors (Lipinski definition) is 1. The first kappa shape index (κ1) is 29.2. The summed E-state index contributed by atoms with van der Waals surface area (Å²) in [4.78, 5) is 31.0. The summed E-state index contributed by atoms with van der Waals surface area (Å²) < 4.78 is 71.7. The molecule has 208 valence electrons. The topological polar surface area (TPSA) is 53.8 Å². The molecule has 0 radical (unpaired) electrons. The van der Waals surface area contributed by atoms with Gasteiger partial charge in [0.15, 0.2) is 11.5 Å². The highest BCUT2D eigenvalue weighted by Crippen LogP contribution is 2.42. The Morgan fingerprint density at radius 1 is 1.07 bits per heavy atom. The molecule has 3 aromatic carbocycles. The zero-order valence-electron chi connectivity index (χ0n) is 21.4. The summed E-state index contributed by atoms with van der Waals surface area (Å²) in [6.45, 7) is 9.45. The Kier molecular flexibility index (Phi) is 8.04. The van der Waals surface area contributed by atoms with E-state index in [1.807, 2.05) is 0 Å². The van der Waals surface area contributed by atoms with Gasteiger partial charge in [-0.15, -0.1) is 0 Å². The van der Waals surface area contributed by atoms with Crippen LogP contribution in [0.15, 0.2) is 59.1 Å². The fourth-order valence-corrected chi connectivity index (χ4v) is 4.63. The third kappa shape index (κ3) is 6.33. The van der Waals surface area contributed by atoms with Crippen LogP contribution >= 0.6 is 15.9 Å². The maximum atomic E-state index is 15.8. The smallest absolute Gasteiger partial charge is 0.320 e. The Morgan fingerprint density at radius 3 is 2.27 bits per heavy atom. The zero-order valence-corrected chi connectivity index (χ0v) is 23.0. The summed E-state index contributed by atoms with van der Waals surface area (Å²) in [5.74, 6) is -2.69. The molecule has 0 spiro atoms. The van der Waals surface area contributed by atoms with Crippen LogP contribution in [0, 0.1) is 18.3 Å². The summed E-state index contributed by atoms with van der Waals surface area (Å²) in [6.07, 6.45) is -3.28. The van der Waals surface area contributed by atoms with Gasteiger partial charge in [0.2, 0.25) is 0 Å². The van der Waals surface area contributed by atoms with E-state index in [1.54, 1.807) is 0 Å². The third-order valence-corrected chi connectivity index (χ3v) is 7.09. The van der Waals surface area contributed by atoms with Gasteiger partial charge in [0.05, 0.1) is 29.1 Å². The van der Waals surface area contributed by atoms with Gasteiger partial charge in [-0.05, 0) is 78.4 Å². The Balaban J connectivity index is 1.71. The summed E-state index contributed by atoms with van der Waals surface area (Å²) in [5.41, 5.74) is -4.62. The second-order valence-electron chi connectivity index (χ2n) is 9.96. The first-order valence-electron chi connectivity index (χ1n) is 12.2. The van der Waals surface area contributed by atoms with Crippen LogP contribution in [0.4, 0.5) is 39.0 Å². The average molecular weight is 620 g/mol. The maximum absolute atomic E-state index is 15.8. The van der Waals surface area contributed by atoms with Crippen molar-refractivity contribution in [2.24, 2.45) is 5.92 Å². The second kappa shape index (κ2) is 11.0. The molecule has 1 saturated carbocycles. The molecule has 1 fully saturated rings. The SMILES string of the molecule is [C-]#[N+]c1ccc(C(=O)N(CC2CC2)c2cccc(C(=O)Nc3c(Br)cc(C(C)(C)F)cc3C(F)(F)F)c2F)cc1. The van der Waals surface area contributed by atoms with Crippen LogP contribution in [-0.2, 0) is 11.8 Å². The van der Waals surface area contributed by atoms with E-state index in [0.29, 0.717) is 11.8 Å². The molecule has 0 aliphatic heterocycles. The molecule has 4 rings (SSSR count). The van der Waals surface area contributed by atoms with Gasteiger partial charge in [-0.3, -0.25) is 9.59 Å². The van der Waals surface area contributed by atoms with Gasteiger partial charge in [-0.2, -0.15) is 13.2 Å². The van der Waals surface area contributed by atoms with Crippen LogP contribution in [0.2, 0.25) is 0 Å². The van der Waals surface area contributed by atoms with Gasteiger partial charge in [-0.1, -0.05) is 30.3 Å². The van der Waals surface area contributed by atoms with E-state index >= 15 is 4.39 Å². The van der Waals surface area contributed by atoms with Crippen molar-refractivity contribution >= 4 is 44.8 Å². The van der Waals surface area contributed by atoms with Crippen molar-refractivity contribution in [3.8, 4) is 0 Å². The van der Waals surface area contributed by atoms with Crippen molar-refractivity contribution < 1.29 is 31.5 Å². The summed E-state index contributed by atoms with van der Waals surface area (Å²) in [6, 6.07) is 11.3. The number of hydrogen-bond acceptors (Lipinski definition) is 2. The molecule has 0 bridgehead atoms. The predicted octanol–water partition coefficient (Wildman–Crippen LogP) is 8.67. The molecule has 11 heteroatoms. The minimum Gasteiger partial charge on any atom is -0.320 e. The first-order chi connectivity index (χ1) is 18.7. The quantitative estimate of drug-likeness (QED) is 0.212. The van der Waals surface area contributed by atoms with Gasteiger partial charge >= 0.3 is 6.18 Å². The van der Waals surface area contributed by atoms with Crippen LogP contribution in [0.3, 0.4) is 0 Å². The molecule has 0 saturated heterocycles. The standard InChI is InChI=1S/C29H23BrF5N3O2/c1-28(2,32)18-13-21(29(33,34)35)25(22(30)14-18)37-26(39)20-5-4-6-23(24(20)31)38(15-16-7-8-16)27(40)17-9-11-19(36-3)12-10-17/h4-6,9-14,16H,7-8,15H2,1-2H3,(H,37,39). The van der Waals surface area contributed by atoms with E-state index < -0.39 is 46.3 Å². The summed E-state index contributed by atoms with van der Waals surface area (Å²) >= 11 is 2.98. The van der Waals surface area contributed by atoms with Crippen LogP contribution in [0.5, 0.6) is 0 Å². The van der Waals surface area contributed by atoms with Crippen LogP contribution in [-0.4, -0.2) is 18.4 Å². The molecular formula is C29H23BrF5N3O2. The molecule has 40 heavy (non-hydrogen) atoms. The largest absolute Gasteiger partial charge is 0.418 e. The van der Waals surface area contributed by atoms with E-state index in [2.05, 4.69) is 26.1 Å². The van der Waals surface area contributed by atoms with E-state index in [9.17, 15) is 27.2 Å².